The van der Waals surface area contributed by atoms with E-state index >= 15 is 0 Å². The molecule has 0 aliphatic carbocycles. The highest BCUT2D eigenvalue weighted by molar-refractivity contribution is 5.85. The van der Waals surface area contributed by atoms with Crippen LogP contribution in [0.1, 0.15) is 5.56 Å². The third-order valence-electron chi connectivity index (χ3n) is 2.54. The summed E-state index contributed by atoms with van der Waals surface area (Å²) in [6, 6.07) is 3.05. The summed E-state index contributed by atoms with van der Waals surface area (Å²) >= 11 is 0. The van der Waals surface area contributed by atoms with E-state index in [9.17, 15) is 18.4 Å². The molecule has 0 spiro atoms. The maximum absolute atomic E-state index is 13.3. The number of H-pyrrole nitrogens is 1. The second kappa shape index (κ2) is 6.78. The van der Waals surface area contributed by atoms with E-state index < -0.39 is 17.3 Å². The van der Waals surface area contributed by atoms with Crippen LogP contribution in [0, 0.1) is 11.6 Å². The summed E-state index contributed by atoms with van der Waals surface area (Å²) in [6.45, 7) is 0. The molecule has 0 saturated carbocycles. The number of aromatic amines is 1. The van der Waals surface area contributed by atoms with Gasteiger partial charge in [-0.25, -0.2) is 18.4 Å². The van der Waals surface area contributed by atoms with Crippen LogP contribution in [0.15, 0.2) is 23.0 Å². The van der Waals surface area contributed by atoms with Gasteiger partial charge >= 0.3 is 5.69 Å². The van der Waals surface area contributed by atoms with Crippen LogP contribution in [0.4, 0.5) is 8.78 Å². The van der Waals surface area contributed by atoms with E-state index in [-0.39, 0.29) is 35.1 Å². The average Bonchev–Trinajstić information content (AvgIpc) is 2.43. The fraction of sp³-hybridized carbons (Fsp3) is 0.0769. The molecular formula is C13H9ClF2N2O3. The highest BCUT2D eigenvalue weighted by atomic mass is 35.5. The van der Waals surface area contributed by atoms with Crippen molar-refractivity contribution in [1.82, 2.24) is 9.97 Å². The van der Waals surface area contributed by atoms with Gasteiger partial charge in [-0.1, -0.05) is 0 Å². The number of hydrogen-bond acceptors (Lipinski definition) is 4. The topological polar surface area (TPSA) is 72.0 Å². The minimum absolute atomic E-state index is 0. The molecular weight excluding hydrogens is 306 g/mol. The Bertz CT molecular complexity index is 770. The van der Waals surface area contributed by atoms with E-state index in [0.717, 1.165) is 18.2 Å². The number of benzene rings is 1. The fourth-order valence-electron chi connectivity index (χ4n) is 1.69. The maximum Gasteiger partial charge on any atom is 0.348 e. The molecule has 2 rings (SSSR count). The van der Waals surface area contributed by atoms with E-state index in [0.29, 0.717) is 0 Å². The molecule has 5 nitrogen and oxygen atoms in total. The first-order chi connectivity index (χ1) is 9.56. The van der Waals surface area contributed by atoms with Gasteiger partial charge in [0.05, 0.1) is 18.4 Å². The van der Waals surface area contributed by atoms with Crippen molar-refractivity contribution in [3.63, 3.8) is 0 Å². The second-order valence-electron chi connectivity index (χ2n) is 3.73. The monoisotopic (exact) mass is 314 g/mol. The number of methoxy groups -OCH3 is 1. The van der Waals surface area contributed by atoms with E-state index in [1.165, 1.54) is 19.1 Å². The zero-order valence-corrected chi connectivity index (χ0v) is 11.5. The smallest absolute Gasteiger partial charge is 0.348 e. The average molecular weight is 315 g/mol. The zero-order chi connectivity index (χ0) is 14.7. The van der Waals surface area contributed by atoms with Crippen LogP contribution in [0.2, 0.25) is 0 Å². The van der Waals surface area contributed by atoms with Gasteiger partial charge in [-0.15, -0.1) is 12.4 Å². The first-order valence-electron chi connectivity index (χ1n) is 5.41. The Kier molecular flexibility index (Phi) is 5.35. The van der Waals surface area contributed by atoms with Crippen molar-refractivity contribution < 1.29 is 18.3 Å². The largest absolute Gasteiger partial charge is 0.480 e. The molecule has 0 unspecified atom stereocenters. The normalized spacial score (nSPS) is 9.48. The standard InChI is InChI=1S/C13H8F2N2O3.ClH/c1-20-12-8(4-5-18)11(16-13(19)17-12)7-2-3-9(14)10(15)6-7;/h2-4,6H,1H3,(H,16,17,19);1H. The number of carbonyl (C=O) groups excluding carboxylic acids is 1. The van der Waals surface area contributed by atoms with E-state index in [1.54, 1.807) is 0 Å². The molecule has 2 aromatic rings. The third kappa shape index (κ3) is 3.34. The number of ether oxygens (including phenoxy) is 1. The summed E-state index contributed by atoms with van der Waals surface area (Å²) in [5.41, 5.74) is -0.370. The summed E-state index contributed by atoms with van der Waals surface area (Å²) in [6.07, 6.45) is 0.984. The Morgan fingerprint density at radius 2 is 2.05 bits per heavy atom. The Morgan fingerprint density at radius 1 is 1.33 bits per heavy atom. The van der Waals surface area contributed by atoms with Gasteiger partial charge in [-0.3, -0.25) is 0 Å². The van der Waals surface area contributed by atoms with Crippen LogP contribution >= 0.6 is 12.4 Å². The predicted molar refractivity (Wildman–Crippen MR) is 74.2 cm³/mol. The number of nitrogens with one attached hydrogen (secondary N) is 1. The van der Waals surface area contributed by atoms with Gasteiger partial charge in [0.2, 0.25) is 5.88 Å². The molecule has 0 radical (unpaired) electrons. The van der Waals surface area contributed by atoms with Crippen LogP contribution in [0.3, 0.4) is 0 Å². The minimum atomic E-state index is -1.08. The van der Waals surface area contributed by atoms with Crippen molar-refractivity contribution >= 4 is 24.4 Å². The van der Waals surface area contributed by atoms with E-state index in [4.69, 9.17) is 4.74 Å². The number of aromatic nitrogens is 2. The Labute approximate surface area is 123 Å². The first kappa shape index (κ1) is 16.6. The van der Waals surface area contributed by atoms with Gasteiger partial charge in [0.1, 0.15) is 5.94 Å². The fourth-order valence-corrected chi connectivity index (χ4v) is 1.69. The molecule has 110 valence electrons. The molecule has 0 amide bonds. The van der Waals surface area contributed by atoms with Crippen LogP contribution in [0.5, 0.6) is 5.88 Å². The molecule has 1 heterocycles. The lowest BCUT2D eigenvalue weighted by Crippen LogP contribution is -2.14. The van der Waals surface area contributed by atoms with Crippen molar-refractivity contribution in [2.45, 2.75) is 0 Å². The van der Waals surface area contributed by atoms with Crippen molar-refractivity contribution in [1.29, 1.82) is 0 Å². The molecule has 0 fully saturated rings. The summed E-state index contributed by atoms with van der Waals surface area (Å²) in [5, 5.41) is 0. The lowest BCUT2D eigenvalue weighted by molar-refractivity contribution is 0.394. The van der Waals surface area contributed by atoms with Gasteiger partial charge in [0.25, 0.3) is 0 Å². The molecule has 1 aromatic carbocycles. The van der Waals surface area contributed by atoms with Crippen molar-refractivity contribution in [3.05, 3.63) is 45.9 Å². The molecule has 0 atom stereocenters. The highest BCUT2D eigenvalue weighted by Gasteiger charge is 2.14. The molecule has 0 aliphatic heterocycles. The van der Waals surface area contributed by atoms with Crippen molar-refractivity contribution in [2.24, 2.45) is 0 Å². The van der Waals surface area contributed by atoms with Crippen LogP contribution in [-0.2, 0) is 4.79 Å². The van der Waals surface area contributed by atoms with Crippen LogP contribution < -0.4 is 10.4 Å². The second-order valence-corrected chi connectivity index (χ2v) is 3.73. The van der Waals surface area contributed by atoms with E-state index in [2.05, 4.69) is 9.97 Å². The number of nitrogens with zero attached hydrogens (tertiary/aromatic N) is 1. The lowest BCUT2D eigenvalue weighted by atomic mass is 10.1. The predicted octanol–water partition coefficient (Wildman–Crippen LogP) is 1.99. The Balaban J connectivity index is 0.00000220. The van der Waals surface area contributed by atoms with Crippen molar-refractivity contribution in [3.8, 4) is 17.1 Å². The maximum atomic E-state index is 13.3. The molecule has 1 aromatic heterocycles. The third-order valence-corrected chi connectivity index (χ3v) is 2.54. The SMILES string of the molecule is COc1nc(=O)[nH]c(-c2ccc(F)c(F)c2)c1C=C=O.Cl. The molecule has 21 heavy (non-hydrogen) atoms. The lowest BCUT2D eigenvalue weighted by Gasteiger charge is -2.09. The first-order valence-corrected chi connectivity index (χ1v) is 5.41. The van der Waals surface area contributed by atoms with Gasteiger partial charge in [-0.05, 0) is 18.2 Å². The summed E-state index contributed by atoms with van der Waals surface area (Å²) in [4.78, 5) is 27.8. The van der Waals surface area contributed by atoms with Gasteiger partial charge < -0.3 is 9.72 Å². The summed E-state index contributed by atoms with van der Waals surface area (Å²) in [7, 11) is 1.26. The van der Waals surface area contributed by atoms with Gasteiger partial charge in [0.15, 0.2) is 11.6 Å². The number of hydrogen-bond donors (Lipinski definition) is 1. The molecule has 1 N–H and O–H groups in total. The molecule has 0 aliphatic rings. The van der Waals surface area contributed by atoms with Gasteiger partial charge in [-0.2, -0.15) is 4.98 Å². The number of rotatable bonds is 3. The minimum Gasteiger partial charge on any atom is -0.480 e. The summed E-state index contributed by atoms with van der Waals surface area (Å²) in [5.74, 6) is -0.691. The molecule has 8 heteroatoms. The Hall–Kier alpha value is -2.50. The van der Waals surface area contributed by atoms with Gasteiger partial charge in [0, 0.05) is 11.6 Å². The summed E-state index contributed by atoms with van der Waals surface area (Å²) < 4.78 is 31.1. The Morgan fingerprint density at radius 3 is 2.62 bits per heavy atom. The van der Waals surface area contributed by atoms with Crippen molar-refractivity contribution in [2.75, 3.05) is 7.11 Å². The molecule has 0 saturated heterocycles. The van der Waals surface area contributed by atoms with E-state index in [1.807, 2.05) is 0 Å². The highest BCUT2D eigenvalue weighted by Crippen LogP contribution is 2.27. The quantitative estimate of drug-likeness (QED) is 0.879. The zero-order valence-electron chi connectivity index (χ0n) is 10.6. The number of halogens is 3. The van der Waals surface area contributed by atoms with Crippen LogP contribution in [-0.4, -0.2) is 23.0 Å². The van der Waals surface area contributed by atoms with Crippen LogP contribution in [0.25, 0.3) is 17.3 Å². The molecule has 0 bridgehead atoms.